The molecule has 2 rings (SSSR count). The Bertz CT molecular complexity index is 690. The molecule has 0 aliphatic heterocycles. The van der Waals surface area contributed by atoms with Crippen LogP contribution in [0, 0.1) is 22.0 Å². The van der Waals surface area contributed by atoms with E-state index in [1.165, 1.54) is 24.3 Å². The Labute approximate surface area is 148 Å². The number of ether oxygens (including phenoxy) is 1. The minimum atomic E-state index is -1.02. The van der Waals surface area contributed by atoms with Gasteiger partial charge in [-0.05, 0) is 25.0 Å². The van der Waals surface area contributed by atoms with Gasteiger partial charge in [-0.3, -0.25) is 35.3 Å². The van der Waals surface area contributed by atoms with E-state index in [0.717, 1.165) is 12.8 Å². The van der Waals surface area contributed by atoms with Gasteiger partial charge in [0.25, 0.3) is 11.6 Å². The van der Waals surface area contributed by atoms with Crippen molar-refractivity contribution in [3.05, 3.63) is 34.4 Å². The zero-order chi connectivity index (χ0) is 19.1. The number of carbonyl (C=O) groups is 3. The molecule has 10 heteroatoms. The molecular weight excluding hydrogens is 346 g/mol. The fraction of sp³-hybridized carbons (Fsp3) is 0.438. The van der Waals surface area contributed by atoms with Crippen LogP contribution in [0.15, 0.2) is 24.3 Å². The lowest BCUT2D eigenvalue weighted by Crippen LogP contribution is -2.49. The normalized spacial score (nSPS) is 19.2. The number of nitrogens with one attached hydrogen (secondary N) is 2. The van der Waals surface area contributed by atoms with E-state index >= 15 is 0 Å². The zero-order valence-corrected chi connectivity index (χ0v) is 13.8. The smallest absolute Gasteiger partial charge is 0.307 e. The number of amides is 2. The quantitative estimate of drug-likeness (QED) is 0.503. The summed E-state index contributed by atoms with van der Waals surface area (Å²) in [5, 5.41) is 19.7. The Balaban J connectivity index is 1.78. The number of carbonyl (C=O) groups excluding carboxylic acids is 2. The topological polar surface area (TPSA) is 148 Å². The van der Waals surface area contributed by atoms with Crippen molar-refractivity contribution in [3.63, 3.8) is 0 Å². The molecule has 0 spiro atoms. The second kappa shape index (κ2) is 8.79. The van der Waals surface area contributed by atoms with Gasteiger partial charge in [0.05, 0.1) is 16.8 Å². The highest BCUT2D eigenvalue weighted by atomic mass is 16.6. The Hall–Kier alpha value is -3.17. The third-order valence-corrected chi connectivity index (χ3v) is 4.16. The number of aliphatic carboxylic acids is 1. The molecule has 2 amide bonds. The van der Waals surface area contributed by atoms with Crippen LogP contribution in [0.4, 0.5) is 5.69 Å². The fourth-order valence-electron chi connectivity index (χ4n) is 2.81. The summed E-state index contributed by atoms with van der Waals surface area (Å²) < 4.78 is 5.16. The molecule has 1 saturated carbocycles. The lowest BCUT2D eigenvalue weighted by Gasteiger charge is -2.27. The molecule has 1 aliphatic rings. The van der Waals surface area contributed by atoms with Crippen molar-refractivity contribution >= 4 is 23.5 Å². The highest BCUT2D eigenvalue weighted by molar-refractivity contribution is 5.87. The van der Waals surface area contributed by atoms with Crippen LogP contribution in [-0.4, -0.2) is 34.4 Å². The van der Waals surface area contributed by atoms with E-state index in [-0.39, 0.29) is 11.4 Å². The van der Waals surface area contributed by atoms with E-state index in [0.29, 0.717) is 12.8 Å². The SMILES string of the molecule is O=C(COc1ccc([N+](=O)[O-])cc1)NNC(=O)[C@@H]1CCCC[C@@H]1C(=O)O. The molecule has 0 unspecified atom stereocenters. The van der Waals surface area contributed by atoms with Crippen molar-refractivity contribution in [1.82, 2.24) is 10.9 Å². The van der Waals surface area contributed by atoms with Crippen LogP contribution in [0.3, 0.4) is 0 Å². The molecule has 0 heterocycles. The average molecular weight is 365 g/mol. The number of benzene rings is 1. The molecular formula is C16H19N3O7. The standard InChI is InChI=1S/C16H19N3O7/c20-14(9-26-11-7-5-10(6-8-11)19(24)25)17-18-15(21)12-3-1-2-4-13(12)16(22)23/h5-8,12-13H,1-4,9H2,(H,17,20)(H,18,21)(H,22,23)/t12-,13+/m1/s1. The van der Waals surface area contributed by atoms with Crippen LogP contribution in [0.1, 0.15) is 25.7 Å². The average Bonchev–Trinajstić information content (AvgIpc) is 2.64. The molecule has 0 radical (unpaired) electrons. The van der Waals surface area contributed by atoms with Crippen LogP contribution in [-0.2, 0) is 14.4 Å². The van der Waals surface area contributed by atoms with Crippen molar-refractivity contribution in [3.8, 4) is 5.75 Å². The van der Waals surface area contributed by atoms with E-state index in [1.807, 2.05) is 0 Å². The minimum absolute atomic E-state index is 0.102. The van der Waals surface area contributed by atoms with Gasteiger partial charge in [-0.15, -0.1) is 0 Å². The first-order valence-corrected chi connectivity index (χ1v) is 8.07. The van der Waals surface area contributed by atoms with Gasteiger partial charge in [-0.1, -0.05) is 12.8 Å². The molecule has 3 N–H and O–H groups in total. The molecule has 2 atom stereocenters. The van der Waals surface area contributed by atoms with E-state index in [2.05, 4.69) is 10.9 Å². The van der Waals surface area contributed by atoms with Crippen LogP contribution in [0.25, 0.3) is 0 Å². The van der Waals surface area contributed by atoms with Gasteiger partial charge in [0.1, 0.15) is 5.75 Å². The fourth-order valence-corrected chi connectivity index (χ4v) is 2.81. The van der Waals surface area contributed by atoms with Gasteiger partial charge < -0.3 is 9.84 Å². The van der Waals surface area contributed by atoms with E-state index in [1.54, 1.807) is 0 Å². The number of non-ortho nitro benzene ring substituents is 1. The molecule has 140 valence electrons. The molecule has 1 aromatic carbocycles. The minimum Gasteiger partial charge on any atom is -0.484 e. The molecule has 0 saturated heterocycles. The van der Waals surface area contributed by atoms with E-state index in [4.69, 9.17) is 9.84 Å². The Morgan fingerprint density at radius 2 is 1.73 bits per heavy atom. The van der Waals surface area contributed by atoms with Crippen molar-refractivity contribution < 1.29 is 29.2 Å². The maximum atomic E-state index is 12.1. The van der Waals surface area contributed by atoms with Crippen LogP contribution in [0.2, 0.25) is 0 Å². The van der Waals surface area contributed by atoms with Crippen molar-refractivity contribution in [2.45, 2.75) is 25.7 Å². The summed E-state index contributed by atoms with van der Waals surface area (Å²) in [4.78, 5) is 45.0. The third kappa shape index (κ3) is 5.16. The molecule has 0 aromatic heterocycles. The molecule has 1 aliphatic carbocycles. The highest BCUT2D eigenvalue weighted by Gasteiger charge is 2.35. The van der Waals surface area contributed by atoms with Crippen molar-refractivity contribution in [1.29, 1.82) is 0 Å². The number of carboxylic acids is 1. The Morgan fingerprint density at radius 3 is 2.31 bits per heavy atom. The number of rotatable bonds is 6. The predicted octanol–water partition coefficient (Wildman–Crippen LogP) is 1.01. The van der Waals surface area contributed by atoms with E-state index < -0.39 is 41.1 Å². The van der Waals surface area contributed by atoms with E-state index in [9.17, 15) is 24.5 Å². The van der Waals surface area contributed by atoms with Crippen molar-refractivity contribution in [2.75, 3.05) is 6.61 Å². The number of nitrogens with zero attached hydrogens (tertiary/aromatic N) is 1. The Morgan fingerprint density at radius 1 is 1.12 bits per heavy atom. The van der Waals surface area contributed by atoms with Gasteiger partial charge >= 0.3 is 5.97 Å². The largest absolute Gasteiger partial charge is 0.484 e. The molecule has 1 fully saturated rings. The first-order chi connectivity index (χ1) is 12.4. The Kier molecular flexibility index (Phi) is 6.48. The second-order valence-electron chi connectivity index (χ2n) is 5.91. The third-order valence-electron chi connectivity index (χ3n) is 4.16. The number of hydrogen-bond donors (Lipinski definition) is 3. The number of nitro groups is 1. The van der Waals surface area contributed by atoms with Gasteiger partial charge in [0.15, 0.2) is 6.61 Å². The summed E-state index contributed by atoms with van der Waals surface area (Å²) in [6.45, 7) is -0.412. The number of hydrazine groups is 1. The maximum absolute atomic E-state index is 12.1. The van der Waals surface area contributed by atoms with Gasteiger partial charge in [0, 0.05) is 12.1 Å². The number of hydrogen-bond acceptors (Lipinski definition) is 6. The second-order valence-corrected chi connectivity index (χ2v) is 5.91. The van der Waals surface area contributed by atoms with Gasteiger partial charge in [-0.25, -0.2) is 0 Å². The summed E-state index contributed by atoms with van der Waals surface area (Å²) in [5.41, 5.74) is 4.30. The van der Waals surface area contributed by atoms with Crippen LogP contribution in [0.5, 0.6) is 5.75 Å². The zero-order valence-electron chi connectivity index (χ0n) is 13.8. The molecule has 10 nitrogen and oxygen atoms in total. The molecule has 1 aromatic rings. The van der Waals surface area contributed by atoms with Gasteiger partial charge in [-0.2, -0.15) is 0 Å². The monoisotopic (exact) mass is 365 g/mol. The van der Waals surface area contributed by atoms with Crippen LogP contribution < -0.4 is 15.6 Å². The summed E-state index contributed by atoms with van der Waals surface area (Å²) in [7, 11) is 0. The maximum Gasteiger partial charge on any atom is 0.307 e. The lowest BCUT2D eigenvalue weighted by molar-refractivity contribution is -0.384. The summed E-state index contributed by atoms with van der Waals surface area (Å²) in [5.74, 6) is -3.37. The molecule has 0 bridgehead atoms. The summed E-state index contributed by atoms with van der Waals surface area (Å²) >= 11 is 0. The first kappa shape index (κ1) is 19.2. The highest BCUT2D eigenvalue weighted by Crippen LogP contribution is 2.30. The summed E-state index contributed by atoms with van der Waals surface area (Å²) in [6.07, 6.45) is 2.41. The lowest BCUT2D eigenvalue weighted by atomic mass is 9.79. The van der Waals surface area contributed by atoms with Gasteiger partial charge in [0.2, 0.25) is 5.91 Å². The van der Waals surface area contributed by atoms with Crippen molar-refractivity contribution in [2.24, 2.45) is 11.8 Å². The molecule has 26 heavy (non-hydrogen) atoms. The summed E-state index contributed by atoms with van der Waals surface area (Å²) in [6, 6.07) is 5.18. The first-order valence-electron chi connectivity index (χ1n) is 8.07. The number of nitro benzene ring substituents is 1. The number of carboxylic acid groups (broad SMARTS) is 1. The van der Waals surface area contributed by atoms with Crippen LogP contribution >= 0.6 is 0 Å². The predicted molar refractivity (Wildman–Crippen MR) is 88.0 cm³/mol.